The Kier molecular flexibility index (Phi) is 6.87. The van der Waals surface area contributed by atoms with E-state index in [-0.39, 0.29) is 51.3 Å². The molecule has 0 aromatic heterocycles. The van der Waals surface area contributed by atoms with Crippen LogP contribution in [-0.4, -0.2) is 77.9 Å². The van der Waals surface area contributed by atoms with E-state index < -0.39 is 39.6 Å². The topological polar surface area (TPSA) is 79.2 Å². The number of nitro groups is 1. The zero-order valence-electron chi connectivity index (χ0n) is 18.6. The van der Waals surface area contributed by atoms with Crippen molar-refractivity contribution in [2.75, 3.05) is 50.7 Å². The van der Waals surface area contributed by atoms with Crippen molar-refractivity contribution in [3.8, 4) is 0 Å². The van der Waals surface area contributed by atoms with Gasteiger partial charge in [0.05, 0.1) is 17.1 Å². The van der Waals surface area contributed by atoms with E-state index in [4.69, 9.17) is 4.74 Å². The highest BCUT2D eigenvalue weighted by Crippen LogP contribution is 2.31. The van der Waals surface area contributed by atoms with Crippen molar-refractivity contribution in [3.63, 3.8) is 0 Å². The molecule has 1 amide bonds. The summed E-state index contributed by atoms with van der Waals surface area (Å²) in [5, 5.41) is 10.8. The van der Waals surface area contributed by atoms with Gasteiger partial charge in [-0.1, -0.05) is 0 Å². The molecular formula is C21H29F3N4O4. The largest absolute Gasteiger partial charge is 0.444 e. The highest BCUT2D eigenvalue weighted by molar-refractivity contribution is 5.68. The first-order valence-corrected chi connectivity index (χ1v) is 10.6. The van der Waals surface area contributed by atoms with E-state index in [0.29, 0.717) is 25.2 Å². The van der Waals surface area contributed by atoms with E-state index >= 15 is 4.39 Å². The Morgan fingerprint density at radius 1 is 1.09 bits per heavy atom. The maximum Gasteiger partial charge on any atom is 0.410 e. The van der Waals surface area contributed by atoms with E-state index in [1.165, 1.54) is 9.80 Å². The lowest BCUT2D eigenvalue weighted by molar-refractivity contribution is -0.385. The van der Waals surface area contributed by atoms with Gasteiger partial charge in [0.25, 0.3) is 5.69 Å². The molecule has 0 radical (unpaired) electrons. The second-order valence-corrected chi connectivity index (χ2v) is 9.40. The molecule has 2 heterocycles. The van der Waals surface area contributed by atoms with Crippen molar-refractivity contribution in [3.05, 3.63) is 33.9 Å². The molecule has 0 spiro atoms. The summed E-state index contributed by atoms with van der Waals surface area (Å²) >= 11 is 0. The van der Waals surface area contributed by atoms with Crippen molar-refractivity contribution >= 4 is 17.5 Å². The predicted octanol–water partition coefficient (Wildman–Crippen LogP) is 3.73. The van der Waals surface area contributed by atoms with Gasteiger partial charge in [-0.3, -0.25) is 15.0 Å². The molecule has 0 saturated carbocycles. The molecule has 2 aliphatic rings. The second-order valence-electron chi connectivity index (χ2n) is 9.40. The van der Waals surface area contributed by atoms with Crippen LogP contribution in [0.15, 0.2) is 12.1 Å². The van der Waals surface area contributed by atoms with E-state index in [1.807, 2.05) is 4.90 Å². The number of hydrogen-bond donors (Lipinski definition) is 0. The third-order valence-electron chi connectivity index (χ3n) is 5.72. The predicted molar refractivity (Wildman–Crippen MR) is 113 cm³/mol. The summed E-state index contributed by atoms with van der Waals surface area (Å²) in [6.45, 7) is 7.39. The molecular weight excluding hydrogens is 429 g/mol. The number of nitrogens with zero attached hydrogens (tertiary/aromatic N) is 4. The van der Waals surface area contributed by atoms with Gasteiger partial charge in [-0.2, -0.15) is 0 Å². The normalized spacial score (nSPS) is 19.7. The standard InChI is InChI=1S/C21H29F3N4O4/c1-20(2,3)32-19(29)27-6-4-21(24,5-7-27)14-25-8-10-26(11-9-25)18-16(22)12-15(28(30)31)13-17(18)23/h12-13H,4-11,14H2,1-3H3. The highest BCUT2D eigenvalue weighted by atomic mass is 19.1. The third-order valence-corrected chi connectivity index (χ3v) is 5.72. The zero-order chi connectivity index (χ0) is 23.7. The van der Waals surface area contributed by atoms with Gasteiger partial charge in [-0.25, -0.2) is 18.0 Å². The smallest absolute Gasteiger partial charge is 0.410 e. The molecule has 11 heteroatoms. The molecule has 2 aliphatic heterocycles. The zero-order valence-corrected chi connectivity index (χ0v) is 18.6. The average Bonchev–Trinajstić information content (AvgIpc) is 2.67. The molecule has 1 aromatic rings. The number of likely N-dealkylation sites (tertiary alicyclic amines) is 1. The number of amides is 1. The summed E-state index contributed by atoms with van der Waals surface area (Å²) in [6, 6.07) is 1.42. The molecule has 0 N–H and O–H groups in total. The maximum absolute atomic E-state index is 15.4. The minimum Gasteiger partial charge on any atom is -0.444 e. The molecule has 0 unspecified atom stereocenters. The number of anilines is 1. The van der Waals surface area contributed by atoms with Gasteiger partial charge in [0.15, 0.2) is 11.6 Å². The van der Waals surface area contributed by atoms with Crippen LogP contribution in [0, 0.1) is 21.7 Å². The Labute approximate surface area is 185 Å². The van der Waals surface area contributed by atoms with E-state index in [2.05, 4.69) is 0 Å². The van der Waals surface area contributed by atoms with Crippen LogP contribution in [0.5, 0.6) is 0 Å². The number of alkyl halides is 1. The number of rotatable bonds is 4. The Bertz CT molecular complexity index is 838. The molecule has 1 aromatic carbocycles. The lowest BCUT2D eigenvalue weighted by Crippen LogP contribution is -2.54. The van der Waals surface area contributed by atoms with Crippen molar-refractivity contribution in [1.29, 1.82) is 0 Å². The number of piperazine rings is 1. The second kappa shape index (κ2) is 9.13. The van der Waals surface area contributed by atoms with Gasteiger partial charge >= 0.3 is 6.09 Å². The van der Waals surface area contributed by atoms with Crippen LogP contribution < -0.4 is 4.90 Å². The van der Waals surface area contributed by atoms with Gasteiger partial charge < -0.3 is 14.5 Å². The van der Waals surface area contributed by atoms with Crippen LogP contribution >= 0.6 is 0 Å². The number of benzene rings is 1. The Hall–Kier alpha value is -2.56. The Balaban J connectivity index is 1.52. The van der Waals surface area contributed by atoms with Gasteiger partial charge in [-0.15, -0.1) is 0 Å². The lowest BCUT2D eigenvalue weighted by Gasteiger charge is -2.42. The monoisotopic (exact) mass is 458 g/mol. The summed E-state index contributed by atoms with van der Waals surface area (Å²) in [5.41, 5.74) is -3.00. The first-order chi connectivity index (χ1) is 14.9. The molecule has 2 saturated heterocycles. The van der Waals surface area contributed by atoms with E-state index in [0.717, 1.165) is 0 Å². The first kappa shape index (κ1) is 24.1. The number of hydrogen-bond acceptors (Lipinski definition) is 6. The molecule has 8 nitrogen and oxygen atoms in total. The molecule has 0 aliphatic carbocycles. The third kappa shape index (κ3) is 5.81. The molecule has 178 valence electrons. The van der Waals surface area contributed by atoms with E-state index in [9.17, 15) is 23.7 Å². The molecule has 2 fully saturated rings. The fourth-order valence-electron chi connectivity index (χ4n) is 4.06. The van der Waals surface area contributed by atoms with Crippen LogP contribution in [0.25, 0.3) is 0 Å². The van der Waals surface area contributed by atoms with Crippen LogP contribution in [-0.2, 0) is 4.74 Å². The van der Waals surface area contributed by atoms with Crippen molar-refractivity contribution in [2.24, 2.45) is 0 Å². The van der Waals surface area contributed by atoms with Crippen LogP contribution in [0.2, 0.25) is 0 Å². The minimum absolute atomic E-state index is 0.175. The number of nitro benzene ring substituents is 1. The summed E-state index contributed by atoms with van der Waals surface area (Å²) in [4.78, 5) is 27.0. The lowest BCUT2D eigenvalue weighted by atomic mass is 9.92. The summed E-state index contributed by atoms with van der Waals surface area (Å²) in [7, 11) is 0. The van der Waals surface area contributed by atoms with Crippen molar-refractivity contribution in [2.45, 2.75) is 44.9 Å². The number of non-ortho nitro benzene ring substituents is 1. The highest BCUT2D eigenvalue weighted by Gasteiger charge is 2.39. The Morgan fingerprint density at radius 3 is 2.09 bits per heavy atom. The van der Waals surface area contributed by atoms with Gasteiger partial charge in [-0.05, 0) is 20.8 Å². The number of carbonyl (C=O) groups excluding carboxylic acids is 1. The summed E-state index contributed by atoms with van der Waals surface area (Å²) in [5.74, 6) is -1.97. The van der Waals surface area contributed by atoms with Crippen LogP contribution in [0.3, 0.4) is 0 Å². The number of halogens is 3. The van der Waals surface area contributed by atoms with Gasteiger partial charge in [0, 0.05) is 58.7 Å². The van der Waals surface area contributed by atoms with Gasteiger partial charge in [0.1, 0.15) is 17.0 Å². The van der Waals surface area contributed by atoms with Crippen LogP contribution in [0.4, 0.5) is 29.3 Å². The molecule has 0 bridgehead atoms. The number of ether oxygens (including phenoxy) is 1. The summed E-state index contributed by atoms with van der Waals surface area (Å²) < 4.78 is 49.3. The quantitative estimate of drug-likeness (QED) is 0.505. The summed E-state index contributed by atoms with van der Waals surface area (Å²) in [6.07, 6.45) is -0.0591. The Morgan fingerprint density at radius 2 is 1.62 bits per heavy atom. The fraction of sp³-hybridized carbons (Fsp3) is 0.667. The number of piperidine rings is 1. The van der Waals surface area contributed by atoms with Crippen molar-refractivity contribution in [1.82, 2.24) is 9.80 Å². The van der Waals surface area contributed by atoms with Crippen molar-refractivity contribution < 1.29 is 27.6 Å². The average molecular weight is 458 g/mol. The first-order valence-electron chi connectivity index (χ1n) is 10.6. The SMILES string of the molecule is CC(C)(C)OC(=O)N1CCC(F)(CN2CCN(c3c(F)cc([N+](=O)[O-])cc3F)CC2)CC1. The minimum atomic E-state index is -1.45. The van der Waals surface area contributed by atoms with E-state index in [1.54, 1.807) is 20.8 Å². The van der Waals surface area contributed by atoms with Crippen LogP contribution in [0.1, 0.15) is 33.6 Å². The van der Waals surface area contributed by atoms with Gasteiger partial charge in [0.2, 0.25) is 0 Å². The molecule has 0 atom stereocenters. The fourth-order valence-corrected chi connectivity index (χ4v) is 4.06. The maximum atomic E-state index is 15.4. The molecule has 3 rings (SSSR count). The number of carbonyl (C=O) groups is 1. The molecule has 32 heavy (non-hydrogen) atoms.